The lowest BCUT2D eigenvalue weighted by molar-refractivity contribution is -0.120. The van der Waals surface area contributed by atoms with Crippen molar-refractivity contribution in [2.24, 2.45) is 0 Å². The second-order valence-electron chi connectivity index (χ2n) is 8.81. The molecule has 1 aliphatic rings. The Bertz CT molecular complexity index is 1390. The maximum atomic E-state index is 13.3. The standard InChI is InChI=1S/C28H31N3O7/c1-16(32)31-21-9-7-17-12-24(35-2)27(36-3)28(37-4)26(17)19-8-10-22(23(33)13-20(19)21)29-15-25(34)30-14-18-6-5-11-38-18/h5-6,8,10-13,21H,7,9,14-15H2,1-4H3,(H,29,33)(H,30,34)(H,31,32)/t21-/m0/s1. The molecule has 2 aromatic carbocycles. The average molecular weight is 522 g/mol. The van der Waals surface area contributed by atoms with Crippen LogP contribution in [0.3, 0.4) is 0 Å². The molecule has 38 heavy (non-hydrogen) atoms. The number of fused-ring (bicyclic) bond motifs is 3. The van der Waals surface area contributed by atoms with Crippen LogP contribution in [0.25, 0.3) is 11.1 Å². The molecule has 2 amide bonds. The molecule has 10 heteroatoms. The summed E-state index contributed by atoms with van der Waals surface area (Å²) in [5.74, 6) is 1.54. The van der Waals surface area contributed by atoms with Gasteiger partial charge in [0.15, 0.2) is 11.5 Å². The molecule has 1 heterocycles. The van der Waals surface area contributed by atoms with Crippen molar-refractivity contribution in [3.8, 4) is 28.4 Å². The summed E-state index contributed by atoms with van der Waals surface area (Å²) in [7, 11) is 4.63. The average Bonchev–Trinajstić information content (AvgIpc) is 3.32. The number of hydrogen-bond donors (Lipinski definition) is 3. The van der Waals surface area contributed by atoms with E-state index in [0.29, 0.717) is 47.0 Å². The van der Waals surface area contributed by atoms with Crippen LogP contribution in [0, 0.1) is 0 Å². The summed E-state index contributed by atoms with van der Waals surface area (Å²) in [4.78, 5) is 37.7. The minimum absolute atomic E-state index is 0.106. The van der Waals surface area contributed by atoms with E-state index in [1.54, 1.807) is 38.5 Å². The highest BCUT2D eigenvalue weighted by molar-refractivity contribution is 5.84. The monoisotopic (exact) mass is 521 g/mol. The lowest BCUT2D eigenvalue weighted by Crippen LogP contribution is -2.30. The fourth-order valence-corrected chi connectivity index (χ4v) is 4.69. The van der Waals surface area contributed by atoms with E-state index in [4.69, 9.17) is 18.6 Å². The lowest BCUT2D eigenvalue weighted by Gasteiger charge is -2.19. The second-order valence-corrected chi connectivity index (χ2v) is 8.81. The number of aryl methyl sites for hydroxylation is 1. The zero-order valence-corrected chi connectivity index (χ0v) is 21.8. The van der Waals surface area contributed by atoms with Crippen LogP contribution in [-0.4, -0.2) is 39.7 Å². The molecular weight excluding hydrogens is 490 g/mol. The maximum Gasteiger partial charge on any atom is 0.239 e. The Morgan fingerprint density at radius 3 is 2.50 bits per heavy atom. The number of carbonyl (C=O) groups excluding carboxylic acids is 2. The van der Waals surface area contributed by atoms with Crippen LogP contribution < -0.4 is 35.6 Å². The SMILES string of the molecule is COc1cc2c(c(OC)c1OC)-c1ccc(NCC(=O)NCc3ccco3)c(=O)cc1[C@@H](NC(C)=O)CC2. The van der Waals surface area contributed by atoms with Gasteiger partial charge in [-0.1, -0.05) is 6.07 Å². The van der Waals surface area contributed by atoms with E-state index >= 15 is 0 Å². The van der Waals surface area contributed by atoms with E-state index in [-0.39, 0.29) is 36.0 Å². The summed E-state index contributed by atoms with van der Waals surface area (Å²) in [6, 6.07) is 9.92. The molecule has 0 unspecified atom stereocenters. The number of rotatable bonds is 9. The molecule has 4 rings (SSSR count). The third-order valence-electron chi connectivity index (χ3n) is 6.40. The van der Waals surface area contributed by atoms with Gasteiger partial charge in [0.1, 0.15) is 5.76 Å². The summed E-state index contributed by atoms with van der Waals surface area (Å²) < 4.78 is 22.2. The predicted molar refractivity (Wildman–Crippen MR) is 142 cm³/mol. The summed E-state index contributed by atoms with van der Waals surface area (Å²) in [5.41, 5.74) is 2.97. The molecule has 0 saturated carbocycles. The van der Waals surface area contributed by atoms with Crippen molar-refractivity contribution >= 4 is 17.5 Å². The molecule has 0 radical (unpaired) electrons. The molecule has 0 bridgehead atoms. The van der Waals surface area contributed by atoms with Crippen molar-refractivity contribution in [3.05, 3.63) is 69.8 Å². The Labute approximate surface area is 220 Å². The Kier molecular flexibility index (Phi) is 8.20. The number of methoxy groups -OCH3 is 3. The van der Waals surface area contributed by atoms with Gasteiger partial charge in [0.2, 0.25) is 23.0 Å². The van der Waals surface area contributed by atoms with E-state index < -0.39 is 6.04 Å². The third-order valence-corrected chi connectivity index (χ3v) is 6.40. The molecule has 3 N–H and O–H groups in total. The van der Waals surface area contributed by atoms with Gasteiger partial charge in [-0.15, -0.1) is 0 Å². The van der Waals surface area contributed by atoms with Crippen LogP contribution in [0.2, 0.25) is 0 Å². The van der Waals surface area contributed by atoms with E-state index in [9.17, 15) is 14.4 Å². The van der Waals surface area contributed by atoms with Crippen molar-refractivity contribution in [2.75, 3.05) is 33.2 Å². The summed E-state index contributed by atoms with van der Waals surface area (Å²) >= 11 is 0. The van der Waals surface area contributed by atoms with Crippen LogP contribution in [-0.2, 0) is 22.6 Å². The largest absolute Gasteiger partial charge is 0.493 e. The minimum Gasteiger partial charge on any atom is -0.493 e. The van der Waals surface area contributed by atoms with Gasteiger partial charge in [0.05, 0.1) is 52.4 Å². The highest BCUT2D eigenvalue weighted by Gasteiger charge is 2.29. The molecule has 0 aliphatic heterocycles. The van der Waals surface area contributed by atoms with Gasteiger partial charge in [0, 0.05) is 12.5 Å². The quantitative estimate of drug-likeness (QED) is 0.392. The molecule has 10 nitrogen and oxygen atoms in total. The Morgan fingerprint density at radius 1 is 1.05 bits per heavy atom. The Hall–Kier alpha value is -4.47. The van der Waals surface area contributed by atoms with Crippen molar-refractivity contribution in [1.29, 1.82) is 0 Å². The van der Waals surface area contributed by atoms with E-state index in [2.05, 4.69) is 16.0 Å². The smallest absolute Gasteiger partial charge is 0.239 e. The molecule has 0 fully saturated rings. The highest BCUT2D eigenvalue weighted by atomic mass is 16.5. The van der Waals surface area contributed by atoms with Crippen molar-refractivity contribution in [3.63, 3.8) is 0 Å². The number of nitrogens with one attached hydrogen (secondary N) is 3. The van der Waals surface area contributed by atoms with Crippen LogP contribution >= 0.6 is 0 Å². The number of ether oxygens (including phenoxy) is 3. The van der Waals surface area contributed by atoms with Gasteiger partial charge >= 0.3 is 0 Å². The molecule has 1 aromatic heterocycles. The number of hydrogen-bond acceptors (Lipinski definition) is 8. The van der Waals surface area contributed by atoms with E-state index in [1.165, 1.54) is 26.4 Å². The van der Waals surface area contributed by atoms with Crippen molar-refractivity contribution in [2.45, 2.75) is 32.4 Å². The zero-order chi connectivity index (χ0) is 27.2. The number of furan rings is 1. The van der Waals surface area contributed by atoms with Crippen LogP contribution in [0.5, 0.6) is 17.2 Å². The first-order valence-corrected chi connectivity index (χ1v) is 12.2. The van der Waals surface area contributed by atoms with Gasteiger partial charge in [-0.2, -0.15) is 0 Å². The van der Waals surface area contributed by atoms with Gasteiger partial charge in [-0.3, -0.25) is 14.4 Å². The van der Waals surface area contributed by atoms with E-state index in [1.807, 2.05) is 6.07 Å². The topological polar surface area (TPSA) is 128 Å². The number of carbonyl (C=O) groups is 2. The predicted octanol–water partition coefficient (Wildman–Crippen LogP) is 3.18. The van der Waals surface area contributed by atoms with Crippen LogP contribution in [0.4, 0.5) is 5.69 Å². The molecule has 0 spiro atoms. The summed E-state index contributed by atoms with van der Waals surface area (Å²) in [6.45, 7) is 1.58. The number of anilines is 1. The molecule has 1 atom stereocenters. The summed E-state index contributed by atoms with van der Waals surface area (Å²) in [6.07, 6.45) is 2.69. The first-order chi connectivity index (χ1) is 18.4. The molecule has 200 valence electrons. The van der Waals surface area contributed by atoms with Crippen molar-refractivity contribution < 1.29 is 28.2 Å². The second kappa shape index (κ2) is 11.7. The van der Waals surface area contributed by atoms with Gasteiger partial charge in [-0.25, -0.2) is 0 Å². The first kappa shape index (κ1) is 26.6. The van der Waals surface area contributed by atoms with Gasteiger partial charge < -0.3 is 34.6 Å². The van der Waals surface area contributed by atoms with Crippen molar-refractivity contribution in [1.82, 2.24) is 10.6 Å². The van der Waals surface area contributed by atoms with Crippen LogP contribution in [0.1, 0.15) is 36.3 Å². The molecule has 1 aliphatic carbocycles. The molecule has 3 aromatic rings. The van der Waals surface area contributed by atoms with Crippen LogP contribution in [0.15, 0.2) is 51.9 Å². The Morgan fingerprint density at radius 2 is 1.84 bits per heavy atom. The third kappa shape index (κ3) is 5.59. The van der Waals surface area contributed by atoms with Gasteiger partial charge in [-0.05, 0) is 59.9 Å². The number of amides is 2. The normalized spacial score (nSPS) is 13.8. The first-order valence-electron chi connectivity index (χ1n) is 12.2. The summed E-state index contributed by atoms with van der Waals surface area (Å²) in [5, 5.41) is 8.64. The Balaban J connectivity index is 1.75. The molecule has 0 saturated heterocycles. The zero-order valence-electron chi connectivity index (χ0n) is 21.8. The minimum atomic E-state index is -0.416. The highest BCUT2D eigenvalue weighted by Crippen LogP contribution is 2.50. The molecular formula is C28H31N3O7. The fraction of sp³-hybridized carbons (Fsp3) is 0.321. The van der Waals surface area contributed by atoms with Gasteiger partial charge in [0.25, 0.3) is 0 Å². The van der Waals surface area contributed by atoms with E-state index in [0.717, 1.165) is 11.1 Å². The maximum absolute atomic E-state index is 13.3. The fourth-order valence-electron chi connectivity index (χ4n) is 4.69. The number of benzene rings is 1. The lowest BCUT2D eigenvalue weighted by atomic mass is 9.95.